The second-order valence-corrected chi connectivity index (χ2v) is 6.54. The summed E-state index contributed by atoms with van der Waals surface area (Å²) >= 11 is 11.7. The molecule has 0 heterocycles. The Morgan fingerprint density at radius 3 is 2.26 bits per heavy atom. The van der Waals surface area contributed by atoms with E-state index in [2.05, 4.69) is 4.72 Å². The Labute approximate surface area is 122 Å². The third-order valence-corrected chi connectivity index (χ3v) is 4.58. The van der Waals surface area contributed by atoms with Crippen LogP contribution in [0.15, 0.2) is 47.4 Å². The van der Waals surface area contributed by atoms with Gasteiger partial charge < -0.3 is 0 Å². The second kappa shape index (κ2) is 5.41. The van der Waals surface area contributed by atoms with Gasteiger partial charge in [0, 0.05) is 10.7 Å². The number of rotatable bonds is 3. The number of aryl methyl sites for hydroxylation is 1. The minimum absolute atomic E-state index is 0.0396. The summed E-state index contributed by atoms with van der Waals surface area (Å²) in [6, 6.07) is 11.3. The second-order valence-electron chi connectivity index (χ2n) is 4.05. The SMILES string of the molecule is Cc1ccc(NS(=O)(=O)c2cc(Cl)ccc2Cl)cc1. The van der Waals surface area contributed by atoms with Gasteiger partial charge in [0.25, 0.3) is 10.0 Å². The van der Waals surface area contributed by atoms with Crippen LogP contribution in [0.1, 0.15) is 5.56 Å². The minimum atomic E-state index is -3.75. The van der Waals surface area contributed by atoms with Gasteiger partial charge in [-0.25, -0.2) is 8.42 Å². The maximum absolute atomic E-state index is 12.2. The molecule has 2 aromatic rings. The molecule has 0 aromatic heterocycles. The van der Waals surface area contributed by atoms with Crippen molar-refractivity contribution in [3.05, 3.63) is 58.1 Å². The number of benzene rings is 2. The third kappa shape index (κ3) is 3.41. The van der Waals surface area contributed by atoms with Crippen LogP contribution < -0.4 is 4.72 Å². The zero-order valence-electron chi connectivity index (χ0n) is 10.0. The Kier molecular flexibility index (Phi) is 4.04. The van der Waals surface area contributed by atoms with Gasteiger partial charge in [-0.2, -0.15) is 0 Å². The summed E-state index contributed by atoms with van der Waals surface area (Å²) in [4.78, 5) is -0.0396. The number of hydrogen-bond donors (Lipinski definition) is 1. The summed E-state index contributed by atoms with van der Waals surface area (Å²) in [5.74, 6) is 0. The molecule has 0 amide bonds. The zero-order chi connectivity index (χ0) is 14.0. The Morgan fingerprint density at radius 1 is 1.00 bits per heavy atom. The molecule has 0 saturated heterocycles. The molecule has 3 nitrogen and oxygen atoms in total. The average Bonchev–Trinajstić information content (AvgIpc) is 2.35. The van der Waals surface area contributed by atoms with Gasteiger partial charge >= 0.3 is 0 Å². The van der Waals surface area contributed by atoms with Gasteiger partial charge in [-0.3, -0.25) is 4.72 Å². The van der Waals surface area contributed by atoms with Crippen LogP contribution in [0.2, 0.25) is 10.0 Å². The molecular weight excluding hydrogens is 305 g/mol. The first-order chi connectivity index (χ1) is 8.88. The number of hydrogen-bond acceptors (Lipinski definition) is 2. The molecule has 0 bridgehead atoms. The number of sulfonamides is 1. The molecule has 0 fully saturated rings. The van der Waals surface area contributed by atoms with E-state index in [1.54, 1.807) is 12.1 Å². The van der Waals surface area contributed by atoms with E-state index in [1.807, 2.05) is 19.1 Å². The molecule has 100 valence electrons. The zero-order valence-corrected chi connectivity index (χ0v) is 12.4. The molecule has 1 N–H and O–H groups in total. The molecule has 0 spiro atoms. The van der Waals surface area contributed by atoms with E-state index < -0.39 is 10.0 Å². The number of halogens is 2. The molecule has 0 saturated carbocycles. The molecule has 6 heteroatoms. The highest BCUT2D eigenvalue weighted by Crippen LogP contribution is 2.26. The van der Waals surface area contributed by atoms with Crippen LogP contribution in [0.25, 0.3) is 0 Å². The third-order valence-electron chi connectivity index (χ3n) is 2.49. The molecule has 0 aliphatic rings. The van der Waals surface area contributed by atoms with Crippen LogP contribution in [0.3, 0.4) is 0 Å². The van der Waals surface area contributed by atoms with Crippen LogP contribution >= 0.6 is 23.2 Å². The van der Waals surface area contributed by atoms with Crippen LogP contribution in [0.4, 0.5) is 5.69 Å². The molecule has 2 rings (SSSR count). The fourth-order valence-corrected chi connectivity index (χ4v) is 3.34. The van der Waals surface area contributed by atoms with Crippen molar-refractivity contribution in [1.82, 2.24) is 0 Å². The van der Waals surface area contributed by atoms with Crippen molar-refractivity contribution in [2.45, 2.75) is 11.8 Å². The highest BCUT2D eigenvalue weighted by molar-refractivity contribution is 7.92. The van der Waals surface area contributed by atoms with E-state index in [9.17, 15) is 8.42 Å². The summed E-state index contributed by atoms with van der Waals surface area (Å²) in [5.41, 5.74) is 1.52. The van der Waals surface area contributed by atoms with Gasteiger partial charge in [0.05, 0.1) is 5.02 Å². The lowest BCUT2D eigenvalue weighted by Crippen LogP contribution is -2.13. The molecule has 19 heavy (non-hydrogen) atoms. The van der Waals surface area contributed by atoms with Crippen molar-refractivity contribution in [3.8, 4) is 0 Å². The quantitative estimate of drug-likeness (QED) is 0.926. The lowest BCUT2D eigenvalue weighted by Gasteiger charge is -2.10. The molecule has 0 aliphatic carbocycles. The van der Waals surface area contributed by atoms with E-state index in [0.717, 1.165) is 5.56 Å². The van der Waals surface area contributed by atoms with Crippen LogP contribution in [0.5, 0.6) is 0 Å². The fraction of sp³-hybridized carbons (Fsp3) is 0.0769. The van der Waals surface area contributed by atoms with E-state index in [1.165, 1.54) is 18.2 Å². The van der Waals surface area contributed by atoms with Crippen LogP contribution in [0, 0.1) is 6.92 Å². The first-order valence-corrected chi connectivity index (χ1v) is 7.67. The molecule has 2 aromatic carbocycles. The van der Waals surface area contributed by atoms with Crippen molar-refractivity contribution in [2.24, 2.45) is 0 Å². The molecule has 0 unspecified atom stereocenters. The first kappa shape index (κ1) is 14.2. The first-order valence-electron chi connectivity index (χ1n) is 5.43. The van der Waals surface area contributed by atoms with Crippen LogP contribution in [-0.2, 0) is 10.0 Å². The summed E-state index contributed by atoms with van der Waals surface area (Å²) in [7, 11) is -3.75. The normalized spacial score (nSPS) is 11.3. The standard InChI is InChI=1S/C13H11Cl2NO2S/c1-9-2-5-11(6-3-9)16-19(17,18)13-8-10(14)4-7-12(13)15/h2-8,16H,1H3. The minimum Gasteiger partial charge on any atom is -0.280 e. The van der Waals surface area contributed by atoms with Crippen molar-refractivity contribution >= 4 is 38.9 Å². The Morgan fingerprint density at radius 2 is 1.63 bits per heavy atom. The van der Waals surface area contributed by atoms with Gasteiger partial charge in [0.15, 0.2) is 0 Å². The predicted octanol–water partition coefficient (Wildman–Crippen LogP) is 4.10. The summed E-state index contributed by atoms with van der Waals surface area (Å²) in [5, 5.41) is 0.442. The van der Waals surface area contributed by atoms with Crippen LogP contribution in [-0.4, -0.2) is 8.42 Å². The van der Waals surface area contributed by atoms with Crippen molar-refractivity contribution in [1.29, 1.82) is 0 Å². The largest absolute Gasteiger partial charge is 0.280 e. The van der Waals surface area contributed by atoms with Gasteiger partial charge in [-0.1, -0.05) is 40.9 Å². The van der Waals surface area contributed by atoms with E-state index in [0.29, 0.717) is 10.7 Å². The van der Waals surface area contributed by atoms with E-state index in [4.69, 9.17) is 23.2 Å². The Bertz CT molecular complexity index is 697. The summed E-state index contributed by atoms with van der Waals surface area (Å²) in [6.45, 7) is 1.92. The van der Waals surface area contributed by atoms with E-state index in [-0.39, 0.29) is 9.92 Å². The Hall–Kier alpha value is -1.23. The summed E-state index contributed by atoms with van der Waals surface area (Å²) in [6.07, 6.45) is 0. The van der Waals surface area contributed by atoms with Gasteiger partial charge in [-0.15, -0.1) is 0 Å². The Balaban J connectivity index is 2.37. The highest BCUT2D eigenvalue weighted by atomic mass is 35.5. The van der Waals surface area contributed by atoms with Crippen molar-refractivity contribution in [3.63, 3.8) is 0 Å². The molecule has 0 atom stereocenters. The number of nitrogens with one attached hydrogen (secondary N) is 1. The monoisotopic (exact) mass is 315 g/mol. The maximum Gasteiger partial charge on any atom is 0.263 e. The topological polar surface area (TPSA) is 46.2 Å². The predicted molar refractivity (Wildman–Crippen MR) is 78.4 cm³/mol. The van der Waals surface area contributed by atoms with Crippen molar-refractivity contribution < 1.29 is 8.42 Å². The molecule has 0 radical (unpaired) electrons. The van der Waals surface area contributed by atoms with Gasteiger partial charge in [0.2, 0.25) is 0 Å². The molecular formula is C13H11Cl2NO2S. The van der Waals surface area contributed by atoms with Gasteiger partial charge in [0.1, 0.15) is 4.90 Å². The number of anilines is 1. The smallest absolute Gasteiger partial charge is 0.263 e. The van der Waals surface area contributed by atoms with Crippen molar-refractivity contribution in [2.75, 3.05) is 4.72 Å². The average molecular weight is 316 g/mol. The summed E-state index contributed by atoms with van der Waals surface area (Å²) < 4.78 is 26.9. The lowest BCUT2D eigenvalue weighted by molar-refractivity contribution is 0.601. The maximum atomic E-state index is 12.2. The highest BCUT2D eigenvalue weighted by Gasteiger charge is 2.18. The lowest BCUT2D eigenvalue weighted by atomic mass is 10.2. The molecule has 0 aliphatic heterocycles. The fourth-order valence-electron chi connectivity index (χ4n) is 1.51. The van der Waals surface area contributed by atoms with E-state index >= 15 is 0 Å². The van der Waals surface area contributed by atoms with Gasteiger partial charge in [-0.05, 0) is 37.3 Å².